The van der Waals surface area contributed by atoms with Crippen LogP contribution in [0.25, 0.3) is 11.3 Å². The minimum Gasteiger partial charge on any atom is -0.406 e. The molecule has 2 aromatic rings. The van der Waals surface area contributed by atoms with Crippen molar-refractivity contribution in [1.29, 1.82) is 0 Å². The summed E-state index contributed by atoms with van der Waals surface area (Å²) in [5, 5.41) is 4.10. The molecule has 0 radical (unpaired) electrons. The van der Waals surface area contributed by atoms with Gasteiger partial charge in [0.25, 0.3) is 0 Å². The number of rotatable bonds is 2. The lowest BCUT2D eigenvalue weighted by molar-refractivity contribution is -0.274. The summed E-state index contributed by atoms with van der Waals surface area (Å²) in [4.78, 5) is 0. The molecule has 0 atom stereocenters. The molecule has 0 unspecified atom stereocenters. The van der Waals surface area contributed by atoms with Crippen molar-refractivity contribution in [3.63, 3.8) is 0 Å². The van der Waals surface area contributed by atoms with Crippen LogP contribution < -0.4 is 4.74 Å². The van der Waals surface area contributed by atoms with Gasteiger partial charge in [0.15, 0.2) is 0 Å². The van der Waals surface area contributed by atoms with Gasteiger partial charge in [-0.2, -0.15) is 5.10 Å². The van der Waals surface area contributed by atoms with Gasteiger partial charge in [-0.1, -0.05) is 12.1 Å². The number of ether oxygens (including phenoxy) is 1. The first-order chi connectivity index (χ1) is 7.94. The average Bonchev–Trinajstić information content (AvgIpc) is 2.63. The summed E-state index contributed by atoms with van der Waals surface area (Å²) >= 11 is 0. The van der Waals surface area contributed by atoms with Gasteiger partial charge in [-0.05, 0) is 18.2 Å². The number of hydrogen-bond acceptors (Lipinski definition) is 2. The molecule has 6 heteroatoms. The van der Waals surface area contributed by atoms with Gasteiger partial charge in [0.2, 0.25) is 0 Å². The first-order valence-corrected chi connectivity index (χ1v) is 4.80. The Morgan fingerprint density at radius 3 is 2.59 bits per heavy atom. The van der Waals surface area contributed by atoms with Crippen LogP contribution in [-0.2, 0) is 7.05 Å². The second-order valence-electron chi connectivity index (χ2n) is 3.45. The molecule has 0 fully saturated rings. The van der Waals surface area contributed by atoms with E-state index in [1.807, 2.05) is 0 Å². The fourth-order valence-electron chi connectivity index (χ4n) is 1.42. The van der Waals surface area contributed by atoms with Crippen molar-refractivity contribution in [2.75, 3.05) is 0 Å². The maximum atomic E-state index is 12.0. The van der Waals surface area contributed by atoms with Crippen LogP contribution in [0.1, 0.15) is 0 Å². The monoisotopic (exact) mass is 242 g/mol. The van der Waals surface area contributed by atoms with E-state index in [1.54, 1.807) is 30.1 Å². The van der Waals surface area contributed by atoms with Crippen molar-refractivity contribution in [2.24, 2.45) is 7.05 Å². The van der Waals surface area contributed by atoms with Crippen molar-refractivity contribution >= 4 is 0 Å². The standard InChI is InChI=1S/C11H9F3N2O/c1-16-6-5-10(15-16)8-3-2-4-9(7-8)17-11(12,13)14/h2-7H,1H3. The Bertz CT molecular complexity index is 519. The van der Waals surface area contributed by atoms with Crippen LogP contribution >= 0.6 is 0 Å². The number of aromatic nitrogens is 2. The summed E-state index contributed by atoms with van der Waals surface area (Å²) in [6.07, 6.45) is -2.96. The molecule has 0 N–H and O–H groups in total. The van der Waals surface area contributed by atoms with Crippen molar-refractivity contribution in [3.8, 4) is 17.0 Å². The van der Waals surface area contributed by atoms with Gasteiger partial charge in [0, 0.05) is 18.8 Å². The molecule has 2 rings (SSSR count). The summed E-state index contributed by atoms with van der Waals surface area (Å²) in [6.45, 7) is 0. The van der Waals surface area contributed by atoms with Gasteiger partial charge >= 0.3 is 6.36 Å². The van der Waals surface area contributed by atoms with Crippen LogP contribution in [0.4, 0.5) is 13.2 Å². The predicted molar refractivity (Wildman–Crippen MR) is 55.3 cm³/mol. The Kier molecular flexibility index (Phi) is 2.79. The van der Waals surface area contributed by atoms with Gasteiger partial charge in [-0.3, -0.25) is 4.68 Å². The number of aryl methyl sites for hydroxylation is 1. The summed E-state index contributed by atoms with van der Waals surface area (Å²) in [7, 11) is 1.74. The molecule has 0 aliphatic carbocycles. The molecule has 1 aromatic heterocycles. The van der Waals surface area contributed by atoms with Gasteiger partial charge in [0.05, 0.1) is 5.69 Å². The topological polar surface area (TPSA) is 27.1 Å². The Morgan fingerprint density at radius 1 is 1.24 bits per heavy atom. The molecule has 17 heavy (non-hydrogen) atoms. The Morgan fingerprint density at radius 2 is 2.00 bits per heavy atom. The van der Waals surface area contributed by atoms with E-state index < -0.39 is 6.36 Å². The normalized spacial score (nSPS) is 11.5. The molecule has 1 aromatic carbocycles. The lowest BCUT2D eigenvalue weighted by atomic mass is 10.1. The molecular weight excluding hydrogens is 233 g/mol. The molecule has 0 saturated heterocycles. The minimum atomic E-state index is -4.68. The average molecular weight is 242 g/mol. The number of halogens is 3. The number of alkyl halides is 3. The lowest BCUT2D eigenvalue weighted by Crippen LogP contribution is -2.17. The molecule has 0 aliphatic heterocycles. The molecule has 90 valence electrons. The molecule has 0 bridgehead atoms. The lowest BCUT2D eigenvalue weighted by Gasteiger charge is -2.09. The summed E-state index contributed by atoms with van der Waals surface area (Å²) in [6, 6.07) is 7.43. The summed E-state index contributed by atoms with van der Waals surface area (Å²) < 4.78 is 41.5. The molecule has 0 spiro atoms. The Hall–Kier alpha value is -1.98. The van der Waals surface area contributed by atoms with Crippen molar-refractivity contribution in [3.05, 3.63) is 36.5 Å². The van der Waals surface area contributed by atoms with Crippen LogP contribution in [0.5, 0.6) is 5.75 Å². The molecule has 0 amide bonds. The maximum absolute atomic E-state index is 12.0. The van der Waals surface area contributed by atoms with E-state index in [2.05, 4.69) is 9.84 Å². The number of nitrogens with zero attached hydrogens (tertiary/aromatic N) is 2. The highest BCUT2D eigenvalue weighted by Crippen LogP contribution is 2.26. The molecule has 1 heterocycles. The first kappa shape index (κ1) is 11.5. The number of benzene rings is 1. The first-order valence-electron chi connectivity index (χ1n) is 4.80. The SMILES string of the molecule is Cn1ccc(-c2cccc(OC(F)(F)F)c2)n1. The molecule has 0 saturated carbocycles. The van der Waals surface area contributed by atoms with Gasteiger partial charge in [-0.15, -0.1) is 13.2 Å². The zero-order chi connectivity index (χ0) is 12.5. The van der Waals surface area contributed by atoms with E-state index in [1.165, 1.54) is 18.2 Å². The van der Waals surface area contributed by atoms with E-state index in [-0.39, 0.29) is 5.75 Å². The van der Waals surface area contributed by atoms with Crippen molar-refractivity contribution < 1.29 is 17.9 Å². The summed E-state index contributed by atoms with van der Waals surface area (Å²) in [5.41, 5.74) is 1.17. The van der Waals surface area contributed by atoms with Crippen molar-refractivity contribution in [1.82, 2.24) is 9.78 Å². The van der Waals surface area contributed by atoms with E-state index in [0.717, 1.165) is 0 Å². The Balaban J connectivity index is 2.29. The highest BCUT2D eigenvalue weighted by molar-refractivity contribution is 5.60. The number of hydrogen-bond donors (Lipinski definition) is 0. The highest BCUT2D eigenvalue weighted by Gasteiger charge is 2.31. The minimum absolute atomic E-state index is 0.249. The van der Waals surface area contributed by atoms with Gasteiger partial charge in [0.1, 0.15) is 5.75 Å². The van der Waals surface area contributed by atoms with Crippen LogP contribution in [0.15, 0.2) is 36.5 Å². The van der Waals surface area contributed by atoms with E-state index in [0.29, 0.717) is 11.3 Å². The third-order valence-electron chi connectivity index (χ3n) is 2.08. The van der Waals surface area contributed by atoms with E-state index in [4.69, 9.17) is 0 Å². The second-order valence-corrected chi connectivity index (χ2v) is 3.45. The molecular formula is C11H9F3N2O. The zero-order valence-electron chi connectivity index (χ0n) is 8.90. The zero-order valence-corrected chi connectivity index (χ0v) is 8.90. The van der Waals surface area contributed by atoms with Crippen LogP contribution in [0.2, 0.25) is 0 Å². The second kappa shape index (κ2) is 4.12. The highest BCUT2D eigenvalue weighted by atomic mass is 19.4. The van der Waals surface area contributed by atoms with E-state index in [9.17, 15) is 13.2 Å². The maximum Gasteiger partial charge on any atom is 0.573 e. The van der Waals surface area contributed by atoms with Crippen LogP contribution in [-0.4, -0.2) is 16.1 Å². The molecule has 0 aliphatic rings. The third-order valence-corrected chi connectivity index (χ3v) is 2.08. The summed E-state index contributed by atoms with van der Waals surface area (Å²) in [5.74, 6) is -0.249. The third kappa shape index (κ3) is 2.99. The van der Waals surface area contributed by atoms with Crippen LogP contribution in [0.3, 0.4) is 0 Å². The van der Waals surface area contributed by atoms with Gasteiger partial charge < -0.3 is 4.74 Å². The fraction of sp³-hybridized carbons (Fsp3) is 0.182. The quantitative estimate of drug-likeness (QED) is 0.809. The largest absolute Gasteiger partial charge is 0.573 e. The van der Waals surface area contributed by atoms with Crippen LogP contribution in [0, 0.1) is 0 Å². The smallest absolute Gasteiger partial charge is 0.406 e. The van der Waals surface area contributed by atoms with Crippen molar-refractivity contribution in [2.45, 2.75) is 6.36 Å². The van der Waals surface area contributed by atoms with Gasteiger partial charge in [-0.25, -0.2) is 0 Å². The van der Waals surface area contributed by atoms with E-state index >= 15 is 0 Å². The predicted octanol–water partition coefficient (Wildman–Crippen LogP) is 2.99. The molecule has 3 nitrogen and oxygen atoms in total. The Labute approximate surface area is 95.4 Å². The fourth-order valence-corrected chi connectivity index (χ4v) is 1.42.